The minimum atomic E-state index is -4.59. The van der Waals surface area contributed by atoms with Gasteiger partial charge in [-0.3, -0.25) is 0 Å². The molecule has 0 saturated carbocycles. The lowest BCUT2D eigenvalue weighted by molar-refractivity contribution is -0.137. The number of benzene rings is 1. The molecule has 1 aromatic rings. The van der Waals surface area contributed by atoms with Crippen LogP contribution in [0.25, 0.3) is 6.08 Å². The molecular formula is C16H19BF4O2S. The smallest absolute Gasteiger partial charge is 0.400 e. The summed E-state index contributed by atoms with van der Waals surface area (Å²) in [5, 5.41) is 0. The lowest BCUT2D eigenvalue weighted by atomic mass is 9.78. The van der Waals surface area contributed by atoms with Crippen LogP contribution >= 0.6 is 12.6 Å². The van der Waals surface area contributed by atoms with Crippen molar-refractivity contribution in [3.8, 4) is 0 Å². The van der Waals surface area contributed by atoms with E-state index in [-0.39, 0.29) is 11.3 Å². The molecule has 0 aliphatic carbocycles. The van der Waals surface area contributed by atoms with Gasteiger partial charge in [-0.2, -0.15) is 25.8 Å². The molecule has 2 nitrogen and oxygen atoms in total. The average Bonchev–Trinajstić information content (AvgIpc) is 2.63. The first kappa shape index (κ1) is 19.3. The van der Waals surface area contributed by atoms with Crippen LogP contribution in [0.5, 0.6) is 0 Å². The number of rotatable bonds is 3. The van der Waals surface area contributed by atoms with E-state index in [2.05, 4.69) is 12.6 Å². The number of hydrogen-bond acceptors (Lipinski definition) is 3. The third-order valence-electron chi connectivity index (χ3n) is 4.40. The fourth-order valence-electron chi connectivity index (χ4n) is 2.29. The van der Waals surface area contributed by atoms with Gasteiger partial charge in [0, 0.05) is 5.75 Å². The van der Waals surface area contributed by atoms with Crippen molar-refractivity contribution in [3.05, 3.63) is 40.6 Å². The van der Waals surface area contributed by atoms with E-state index >= 15 is 0 Å². The summed E-state index contributed by atoms with van der Waals surface area (Å²) < 4.78 is 64.5. The molecule has 8 heteroatoms. The fraction of sp³-hybridized carbons (Fsp3) is 0.500. The van der Waals surface area contributed by atoms with Crippen molar-refractivity contribution < 1.29 is 26.9 Å². The third-order valence-corrected chi connectivity index (χ3v) is 4.76. The van der Waals surface area contributed by atoms with Crippen molar-refractivity contribution in [1.82, 2.24) is 0 Å². The van der Waals surface area contributed by atoms with Crippen LogP contribution in [0.4, 0.5) is 17.6 Å². The number of hydrogen-bond donors (Lipinski definition) is 1. The summed E-state index contributed by atoms with van der Waals surface area (Å²) in [5.41, 5.74) is -2.06. The van der Waals surface area contributed by atoms with Crippen LogP contribution in [0, 0.1) is 5.82 Å². The first-order valence-electron chi connectivity index (χ1n) is 7.41. The van der Waals surface area contributed by atoms with Crippen LogP contribution in [0.15, 0.2) is 23.7 Å². The predicted octanol–water partition coefficient (Wildman–Crippen LogP) is 4.79. The number of halogens is 4. The molecule has 0 N–H and O–H groups in total. The highest BCUT2D eigenvalue weighted by molar-refractivity contribution is 7.80. The second-order valence-corrected chi connectivity index (χ2v) is 7.01. The standard InChI is InChI=1S/C16H19BF4O2S/c1-14(2)15(3,4)23-17(22-14)11(9-24)7-10-8-12(18)5-6-13(10)16(19,20)21/h5-8,24H,9H2,1-4H3. The Balaban J connectivity index is 2.44. The van der Waals surface area contributed by atoms with Crippen LogP contribution in [0.3, 0.4) is 0 Å². The summed E-state index contributed by atoms with van der Waals surface area (Å²) in [6, 6.07) is 2.36. The van der Waals surface area contributed by atoms with Crippen LogP contribution < -0.4 is 0 Å². The molecule has 1 fully saturated rings. The Morgan fingerprint density at radius 1 is 1.17 bits per heavy atom. The van der Waals surface area contributed by atoms with Gasteiger partial charge in [0.25, 0.3) is 0 Å². The van der Waals surface area contributed by atoms with E-state index in [1.165, 1.54) is 6.08 Å². The molecular weight excluding hydrogens is 343 g/mol. The molecule has 1 heterocycles. The highest BCUT2D eigenvalue weighted by Crippen LogP contribution is 2.40. The minimum absolute atomic E-state index is 0.116. The number of thiol groups is 1. The lowest BCUT2D eigenvalue weighted by Gasteiger charge is -2.32. The Morgan fingerprint density at radius 2 is 1.71 bits per heavy atom. The molecule has 0 amide bonds. The Labute approximate surface area is 144 Å². The van der Waals surface area contributed by atoms with Gasteiger partial charge in [-0.1, -0.05) is 6.08 Å². The maximum absolute atomic E-state index is 13.4. The van der Waals surface area contributed by atoms with Gasteiger partial charge < -0.3 is 9.31 Å². The van der Waals surface area contributed by atoms with Crippen molar-refractivity contribution in [2.75, 3.05) is 5.75 Å². The highest BCUT2D eigenvalue weighted by Gasteiger charge is 2.52. The van der Waals surface area contributed by atoms with Gasteiger partial charge in [-0.25, -0.2) is 4.39 Å². The molecule has 24 heavy (non-hydrogen) atoms. The largest absolute Gasteiger partial charge is 0.491 e. The van der Waals surface area contributed by atoms with Crippen molar-refractivity contribution >= 4 is 25.8 Å². The topological polar surface area (TPSA) is 18.5 Å². The molecule has 0 unspecified atom stereocenters. The van der Waals surface area contributed by atoms with Gasteiger partial charge in [0.05, 0.1) is 16.8 Å². The average molecular weight is 362 g/mol. The molecule has 132 valence electrons. The summed E-state index contributed by atoms with van der Waals surface area (Å²) in [6.07, 6.45) is -3.35. The maximum atomic E-state index is 13.4. The predicted molar refractivity (Wildman–Crippen MR) is 89.3 cm³/mol. The van der Waals surface area contributed by atoms with E-state index in [9.17, 15) is 17.6 Å². The summed E-state index contributed by atoms with van der Waals surface area (Å²) in [4.78, 5) is 0. The van der Waals surface area contributed by atoms with Crippen LogP contribution in [-0.4, -0.2) is 24.1 Å². The Bertz CT molecular complexity index is 640. The molecule has 0 aromatic heterocycles. The molecule has 0 atom stereocenters. The summed E-state index contributed by atoms with van der Waals surface area (Å²) in [6.45, 7) is 7.36. The summed E-state index contributed by atoms with van der Waals surface area (Å²) >= 11 is 4.16. The second kappa shape index (κ2) is 6.39. The normalized spacial score (nSPS) is 20.5. The van der Waals surface area contributed by atoms with Gasteiger partial charge in [-0.15, -0.1) is 0 Å². The van der Waals surface area contributed by atoms with Crippen LogP contribution in [-0.2, 0) is 15.5 Å². The van der Waals surface area contributed by atoms with E-state index in [0.717, 1.165) is 18.2 Å². The quantitative estimate of drug-likeness (QED) is 0.474. The Morgan fingerprint density at radius 3 is 2.17 bits per heavy atom. The van der Waals surface area contributed by atoms with Gasteiger partial charge in [0.2, 0.25) is 0 Å². The van der Waals surface area contributed by atoms with Gasteiger partial charge in [-0.05, 0) is 56.9 Å². The zero-order valence-corrected chi connectivity index (χ0v) is 14.8. The fourth-order valence-corrected chi connectivity index (χ4v) is 2.53. The first-order valence-corrected chi connectivity index (χ1v) is 8.04. The van der Waals surface area contributed by atoms with E-state index in [1.807, 2.05) is 27.7 Å². The number of alkyl halides is 3. The van der Waals surface area contributed by atoms with E-state index in [1.54, 1.807) is 0 Å². The van der Waals surface area contributed by atoms with Crippen molar-refractivity contribution in [3.63, 3.8) is 0 Å². The van der Waals surface area contributed by atoms with Crippen LogP contribution in [0.1, 0.15) is 38.8 Å². The van der Waals surface area contributed by atoms with Crippen LogP contribution in [0.2, 0.25) is 0 Å². The van der Waals surface area contributed by atoms with Crippen molar-refractivity contribution in [2.24, 2.45) is 0 Å². The lowest BCUT2D eigenvalue weighted by Crippen LogP contribution is -2.41. The van der Waals surface area contributed by atoms with Gasteiger partial charge in [0.1, 0.15) is 5.82 Å². The monoisotopic (exact) mass is 362 g/mol. The Hall–Kier alpha value is -0.985. The molecule has 2 rings (SSSR count). The molecule has 0 bridgehead atoms. The molecule has 1 saturated heterocycles. The minimum Gasteiger partial charge on any atom is -0.400 e. The molecule has 0 radical (unpaired) electrons. The zero-order valence-electron chi connectivity index (χ0n) is 13.9. The van der Waals surface area contributed by atoms with E-state index < -0.39 is 35.9 Å². The Kier molecular flexibility index (Phi) is 5.15. The summed E-state index contributed by atoms with van der Waals surface area (Å²) in [5.74, 6) is -0.633. The SMILES string of the molecule is CC1(C)OB(C(=Cc2cc(F)ccc2C(F)(F)F)CS)OC1(C)C. The second-order valence-electron chi connectivity index (χ2n) is 6.69. The van der Waals surface area contributed by atoms with E-state index in [0.29, 0.717) is 5.47 Å². The molecule has 1 aromatic carbocycles. The summed E-state index contributed by atoms with van der Waals surface area (Å²) in [7, 11) is -0.836. The van der Waals surface area contributed by atoms with Gasteiger partial charge in [0.15, 0.2) is 0 Å². The molecule has 0 spiro atoms. The van der Waals surface area contributed by atoms with Crippen molar-refractivity contribution in [2.45, 2.75) is 45.1 Å². The molecule has 1 aliphatic rings. The zero-order chi connectivity index (χ0) is 18.3. The highest BCUT2D eigenvalue weighted by atomic mass is 32.1. The van der Waals surface area contributed by atoms with Crippen molar-refractivity contribution in [1.29, 1.82) is 0 Å². The third kappa shape index (κ3) is 3.81. The first-order chi connectivity index (χ1) is 10.9. The maximum Gasteiger partial charge on any atom is 0.491 e. The van der Waals surface area contributed by atoms with Gasteiger partial charge >= 0.3 is 13.3 Å². The van der Waals surface area contributed by atoms with E-state index in [4.69, 9.17) is 9.31 Å². The molecule has 1 aliphatic heterocycles.